The van der Waals surface area contributed by atoms with Crippen LogP contribution in [0.2, 0.25) is 0 Å². The second-order valence-electron chi connectivity index (χ2n) is 5.91. The van der Waals surface area contributed by atoms with Crippen LogP contribution in [0.25, 0.3) is 11.3 Å². The second-order valence-corrected chi connectivity index (χ2v) is 5.91. The van der Waals surface area contributed by atoms with E-state index in [-0.39, 0.29) is 11.5 Å². The van der Waals surface area contributed by atoms with Gasteiger partial charge in [0.05, 0.1) is 0 Å². The van der Waals surface area contributed by atoms with E-state index in [0.717, 1.165) is 24.8 Å². The first-order valence-electron chi connectivity index (χ1n) is 7.45. The molecule has 0 spiro atoms. The maximum atomic E-state index is 11.7. The summed E-state index contributed by atoms with van der Waals surface area (Å²) in [5.41, 5.74) is 1.62. The SMILES string of the molecule is CC1CCCC(c2noc(-c3ccccc3)c2C(=O)O)C1. The van der Waals surface area contributed by atoms with Crippen LogP contribution in [0.15, 0.2) is 34.9 Å². The van der Waals surface area contributed by atoms with Crippen LogP contribution < -0.4 is 0 Å². The number of hydrogen-bond donors (Lipinski definition) is 1. The van der Waals surface area contributed by atoms with Gasteiger partial charge >= 0.3 is 5.97 Å². The van der Waals surface area contributed by atoms with Gasteiger partial charge in [0.25, 0.3) is 0 Å². The highest BCUT2D eigenvalue weighted by Gasteiger charge is 2.31. The largest absolute Gasteiger partial charge is 0.477 e. The number of aromatic nitrogens is 1. The van der Waals surface area contributed by atoms with E-state index < -0.39 is 5.97 Å². The van der Waals surface area contributed by atoms with Crippen LogP contribution in [0.5, 0.6) is 0 Å². The van der Waals surface area contributed by atoms with E-state index in [9.17, 15) is 9.90 Å². The van der Waals surface area contributed by atoms with E-state index in [0.29, 0.717) is 17.4 Å². The first-order chi connectivity index (χ1) is 10.2. The van der Waals surface area contributed by atoms with Crippen LogP contribution in [0.1, 0.15) is 54.6 Å². The summed E-state index contributed by atoms with van der Waals surface area (Å²) in [4.78, 5) is 11.7. The Balaban J connectivity index is 2.02. The second kappa shape index (κ2) is 5.72. The van der Waals surface area contributed by atoms with Gasteiger partial charge in [-0.25, -0.2) is 4.79 Å². The molecule has 1 saturated carbocycles. The van der Waals surface area contributed by atoms with Gasteiger partial charge in [0.15, 0.2) is 5.76 Å². The molecule has 1 aliphatic rings. The molecule has 21 heavy (non-hydrogen) atoms. The number of carboxylic acid groups (broad SMARTS) is 1. The molecule has 0 amide bonds. The molecule has 0 aliphatic heterocycles. The molecule has 0 radical (unpaired) electrons. The summed E-state index contributed by atoms with van der Waals surface area (Å²) in [6.07, 6.45) is 4.31. The normalized spacial score (nSPS) is 22.1. The summed E-state index contributed by atoms with van der Waals surface area (Å²) in [7, 11) is 0. The summed E-state index contributed by atoms with van der Waals surface area (Å²) in [5.74, 6) is 0.225. The molecule has 1 aliphatic carbocycles. The van der Waals surface area contributed by atoms with Crippen LogP contribution >= 0.6 is 0 Å². The van der Waals surface area contributed by atoms with Crippen LogP contribution in [0, 0.1) is 5.92 Å². The smallest absolute Gasteiger partial charge is 0.341 e. The first-order valence-corrected chi connectivity index (χ1v) is 7.45. The molecule has 1 aromatic carbocycles. The minimum absolute atomic E-state index is 0.195. The number of nitrogens with zero attached hydrogens (tertiary/aromatic N) is 1. The Morgan fingerprint density at radius 3 is 2.71 bits per heavy atom. The molecule has 2 aromatic rings. The Morgan fingerprint density at radius 2 is 2.05 bits per heavy atom. The van der Waals surface area contributed by atoms with E-state index in [2.05, 4.69) is 12.1 Å². The maximum absolute atomic E-state index is 11.7. The van der Waals surface area contributed by atoms with E-state index in [4.69, 9.17) is 4.52 Å². The van der Waals surface area contributed by atoms with Crippen molar-refractivity contribution in [1.29, 1.82) is 0 Å². The summed E-state index contributed by atoms with van der Waals surface area (Å²) < 4.78 is 5.40. The molecule has 2 atom stereocenters. The van der Waals surface area contributed by atoms with Crippen molar-refractivity contribution in [2.45, 2.75) is 38.5 Å². The zero-order valence-electron chi connectivity index (χ0n) is 12.1. The molecular weight excluding hydrogens is 266 g/mol. The third kappa shape index (κ3) is 2.71. The van der Waals surface area contributed by atoms with Crippen molar-refractivity contribution in [2.75, 3.05) is 0 Å². The Hall–Kier alpha value is -2.10. The lowest BCUT2D eigenvalue weighted by Gasteiger charge is -2.25. The fraction of sp³-hybridized carbons (Fsp3) is 0.412. The number of rotatable bonds is 3. The molecule has 1 aromatic heterocycles. The third-order valence-electron chi connectivity index (χ3n) is 4.29. The Labute approximate surface area is 123 Å². The highest BCUT2D eigenvalue weighted by Crippen LogP contribution is 2.39. The molecule has 0 saturated heterocycles. The van der Waals surface area contributed by atoms with Gasteiger partial charge in [0, 0.05) is 11.5 Å². The molecule has 2 unspecified atom stereocenters. The third-order valence-corrected chi connectivity index (χ3v) is 4.29. The summed E-state index contributed by atoms with van der Waals surface area (Å²) in [6.45, 7) is 2.21. The van der Waals surface area contributed by atoms with Gasteiger partial charge in [-0.2, -0.15) is 0 Å². The number of hydrogen-bond acceptors (Lipinski definition) is 3. The number of carboxylic acids is 1. The van der Waals surface area contributed by atoms with E-state index >= 15 is 0 Å². The lowest BCUT2D eigenvalue weighted by Crippen LogP contribution is -2.15. The molecular formula is C17H19NO3. The zero-order chi connectivity index (χ0) is 14.8. The fourth-order valence-corrected chi connectivity index (χ4v) is 3.26. The molecule has 1 fully saturated rings. The van der Waals surface area contributed by atoms with Gasteiger partial charge in [-0.1, -0.05) is 55.3 Å². The van der Waals surface area contributed by atoms with Gasteiger partial charge in [-0.15, -0.1) is 0 Å². The predicted octanol–water partition coefficient (Wildman–Crippen LogP) is 4.33. The molecule has 3 rings (SSSR count). The van der Waals surface area contributed by atoms with Crippen molar-refractivity contribution in [1.82, 2.24) is 5.16 Å². The molecule has 110 valence electrons. The zero-order valence-corrected chi connectivity index (χ0v) is 12.1. The molecule has 0 bridgehead atoms. The van der Waals surface area contributed by atoms with E-state index in [1.54, 1.807) is 0 Å². The van der Waals surface area contributed by atoms with Crippen molar-refractivity contribution in [3.63, 3.8) is 0 Å². The lowest BCUT2D eigenvalue weighted by molar-refractivity contribution is 0.0695. The van der Waals surface area contributed by atoms with Crippen molar-refractivity contribution in [3.8, 4) is 11.3 Å². The lowest BCUT2D eigenvalue weighted by atomic mass is 9.79. The van der Waals surface area contributed by atoms with Crippen molar-refractivity contribution >= 4 is 5.97 Å². The highest BCUT2D eigenvalue weighted by atomic mass is 16.5. The summed E-state index contributed by atoms with van der Waals surface area (Å²) in [5, 5.41) is 13.7. The van der Waals surface area contributed by atoms with Gasteiger partial charge in [0.2, 0.25) is 0 Å². The number of aromatic carboxylic acids is 1. The van der Waals surface area contributed by atoms with Crippen molar-refractivity contribution in [3.05, 3.63) is 41.6 Å². The molecule has 4 nitrogen and oxygen atoms in total. The van der Waals surface area contributed by atoms with Crippen LogP contribution in [0.3, 0.4) is 0 Å². The van der Waals surface area contributed by atoms with E-state index in [1.807, 2.05) is 30.3 Å². The van der Waals surface area contributed by atoms with Crippen molar-refractivity contribution in [2.24, 2.45) is 5.92 Å². The van der Waals surface area contributed by atoms with Gasteiger partial charge < -0.3 is 9.63 Å². The highest BCUT2D eigenvalue weighted by molar-refractivity contribution is 5.95. The minimum atomic E-state index is -0.955. The van der Waals surface area contributed by atoms with Crippen LogP contribution in [-0.2, 0) is 0 Å². The first kappa shape index (κ1) is 13.9. The van der Waals surface area contributed by atoms with Crippen molar-refractivity contribution < 1.29 is 14.4 Å². The molecule has 1 heterocycles. The predicted molar refractivity (Wildman–Crippen MR) is 79.3 cm³/mol. The average Bonchev–Trinajstić information content (AvgIpc) is 2.93. The Morgan fingerprint density at radius 1 is 1.29 bits per heavy atom. The molecule has 4 heteroatoms. The standard InChI is InChI=1S/C17H19NO3/c1-11-6-5-9-13(10-11)15-14(17(19)20)16(21-18-15)12-7-3-2-4-8-12/h2-4,7-8,11,13H,5-6,9-10H2,1H3,(H,19,20). The van der Waals surface area contributed by atoms with Crippen LogP contribution in [-0.4, -0.2) is 16.2 Å². The van der Waals surface area contributed by atoms with Gasteiger partial charge in [-0.05, 0) is 18.8 Å². The Kier molecular flexibility index (Phi) is 3.78. The van der Waals surface area contributed by atoms with E-state index in [1.165, 1.54) is 6.42 Å². The Bertz CT molecular complexity index is 633. The minimum Gasteiger partial charge on any atom is -0.477 e. The maximum Gasteiger partial charge on any atom is 0.341 e. The molecule has 1 N–H and O–H groups in total. The average molecular weight is 285 g/mol. The van der Waals surface area contributed by atoms with Gasteiger partial charge in [0.1, 0.15) is 11.3 Å². The monoisotopic (exact) mass is 285 g/mol. The summed E-state index contributed by atoms with van der Waals surface area (Å²) in [6, 6.07) is 9.32. The van der Waals surface area contributed by atoms with Crippen LogP contribution in [0.4, 0.5) is 0 Å². The van der Waals surface area contributed by atoms with Gasteiger partial charge in [-0.3, -0.25) is 0 Å². The topological polar surface area (TPSA) is 63.3 Å². The fourth-order valence-electron chi connectivity index (χ4n) is 3.26. The number of benzene rings is 1. The number of carbonyl (C=O) groups is 1. The summed E-state index contributed by atoms with van der Waals surface area (Å²) >= 11 is 0. The quantitative estimate of drug-likeness (QED) is 0.911.